The van der Waals surface area contributed by atoms with Gasteiger partial charge in [0, 0.05) is 18.3 Å². The molecule has 1 N–H and O–H groups in total. The number of aliphatic carboxylic acids is 1. The molecular formula is C15H19NO2. The highest BCUT2D eigenvalue weighted by Gasteiger charge is 2.30. The fourth-order valence-corrected chi connectivity index (χ4v) is 2.91. The van der Waals surface area contributed by atoms with Gasteiger partial charge in [-0.1, -0.05) is 12.1 Å². The summed E-state index contributed by atoms with van der Waals surface area (Å²) in [5.41, 5.74) is 3.58. The summed E-state index contributed by atoms with van der Waals surface area (Å²) in [6.45, 7) is 2.86. The van der Waals surface area contributed by atoms with Gasteiger partial charge < -0.3 is 10.0 Å². The van der Waals surface area contributed by atoms with E-state index in [9.17, 15) is 4.79 Å². The first-order valence-electron chi connectivity index (χ1n) is 6.79. The summed E-state index contributed by atoms with van der Waals surface area (Å²) in [4.78, 5) is 13.6. The summed E-state index contributed by atoms with van der Waals surface area (Å²) in [6, 6.07) is 6.88. The van der Waals surface area contributed by atoms with Gasteiger partial charge in [0.25, 0.3) is 0 Å². The lowest BCUT2D eigenvalue weighted by Crippen LogP contribution is -2.38. The van der Waals surface area contributed by atoms with Gasteiger partial charge in [-0.15, -0.1) is 0 Å². The van der Waals surface area contributed by atoms with Crippen LogP contribution in [0.25, 0.3) is 0 Å². The zero-order chi connectivity index (χ0) is 12.7. The Morgan fingerprint density at radius 1 is 1.44 bits per heavy atom. The third-order valence-corrected chi connectivity index (χ3v) is 4.43. The molecule has 18 heavy (non-hydrogen) atoms. The molecule has 3 rings (SSSR count). The smallest absolute Gasteiger partial charge is 0.310 e. The molecule has 0 aromatic heterocycles. The predicted molar refractivity (Wildman–Crippen MR) is 71.2 cm³/mol. The maximum atomic E-state index is 11.1. The van der Waals surface area contributed by atoms with E-state index in [4.69, 9.17) is 5.11 Å². The number of anilines is 1. The molecule has 1 heterocycles. The third kappa shape index (κ3) is 1.78. The van der Waals surface area contributed by atoms with Crippen molar-refractivity contribution in [3.05, 3.63) is 29.3 Å². The van der Waals surface area contributed by atoms with E-state index in [1.165, 1.54) is 30.5 Å². The second-order valence-electron chi connectivity index (χ2n) is 5.48. The summed E-state index contributed by atoms with van der Waals surface area (Å²) in [5.74, 6) is -1.16. The number of fused-ring (bicyclic) bond motifs is 1. The lowest BCUT2D eigenvalue weighted by molar-refractivity contribution is -0.138. The molecule has 0 bridgehead atoms. The Balaban J connectivity index is 1.91. The minimum Gasteiger partial charge on any atom is -0.481 e. The van der Waals surface area contributed by atoms with Crippen molar-refractivity contribution in [3.8, 4) is 0 Å². The summed E-state index contributed by atoms with van der Waals surface area (Å²) in [5, 5.41) is 9.10. The summed E-state index contributed by atoms with van der Waals surface area (Å²) < 4.78 is 0. The second kappa shape index (κ2) is 4.30. The number of carboxylic acids is 1. The topological polar surface area (TPSA) is 40.5 Å². The Kier molecular flexibility index (Phi) is 2.77. The van der Waals surface area contributed by atoms with Gasteiger partial charge in [0.2, 0.25) is 0 Å². The van der Waals surface area contributed by atoms with Gasteiger partial charge in [-0.2, -0.15) is 0 Å². The van der Waals surface area contributed by atoms with Crippen LogP contribution in [0.15, 0.2) is 18.2 Å². The van der Waals surface area contributed by atoms with Crippen molar-refractivity contribution in [3.63, 3.8) is 0 Å². The zero-order valence-corrected chi connectivity index (χ0v) is 10.7. The molecule has 1 aromatic rings. The molecule has 2 aliphatic rings. The standard InChI is InChI=1S/C15H19NO2/c1-10(15(17)18)12-6-5-11-7-8-16(14(11)9-12)13-3-2-4-13/h5-6,9-10,13H,2-4,7-8H2,1H3,(H,17,18). The Hall–Kier alpha value is -1.51. The van der Waals surface area contributed by atoms with E-state index in [0.717, 1.165) is 18.5 Å². The number of benzene rings is 1. The number of carboxylic acid groups (broad SMARTS) is 1. The van der Waals surface area contributed by atoms with Gasteiger partial charge in [0.15, 0.2) is 0 Å². The quantitative estimate of drug-likeness (QED) is 0.890. The lowest BCUT2D eigenvalue weighted by atomic mass is 9.91. The highest BCUT2D eigenvalue weighted by Crippen LogP contribution is 2.37. The molecule has 1 atom stereocenters. The third-order valence-electron chi connectivity index (χ3n) is 4.43. The molecule has 1 aromatic carbocycles. The van der Waals surface area contributed by atoms with Crippen LogP contribution < -0.4 is 4.90 Å². The molecule has 0 spiro atoms. The van der Waals surface area contributed by atoms with Crippen LogP contribution in [-0.2, 0) is 11.2 Å². The molecular weight excluding hydrogens is 226 g/mol. The number of carbonyl (C=O) groups is 1. The van der Waals surface area contributed by atoms with Crippen LogP contribution in [0.2, 0.25) is 0 Å². The molecule has 1 unspecified atom stereocenters. The van der Waals surface area contributed by atoms with E-state index in [1.54, 1.807) is 6.92 Å². The van der Waals surface area contributed by atoms with Gasteiger partial charge in [-0.05, 0) is 49.8 Å². The monoisotopic (exact) mass is 245 g/mol. The van der Waals surface area contributed by atoms with Crippen molar-refractivity contribution in [1.82, 2.24) is 0 Å². The maximum Gasteiger partial charge on any atom is 0.310 e. The molecule has 0 saturated heterocycles. The van der Waals surface area contributed by atoms with Crippen molar-refractivity contribution in [1.29, 1.82) is 0 Å². The Labute approximate surface area is 107 Å². The highest BCUT2D eigenvalue weighted by atomic mass is 16.4. The molecule has 1 fully saturated rings. The van der Waals surface area contributed by atoms with E-state index in [2.05, 4.69) is 17.0 Å². The Morgan fingerprint density at radius 3 is 2.83 bits per heavy atom. The molecule has 1 saturated carbocycles. The van der Waals surface area contributed by atoms with E-state index in [1.807, 2.05) is 6.07 Å². The Bertz CT molecular complexity index is 479. The van der Waals surface area contributed by atoms with E-state index in [-0.39, 0.29) is 0 Å². The van der Waals surface area contributed by atoms with Crippen molar-refractivity contribution < 1.29 is 9.90 Å². The second-order valence-corrected chi connectivity index (χ2v) is 5.48. The van der Waals surface area contributed by atoms with Crippen LogP contribution in [0.5, 0.6) is 0 Å². The number of hydrogen-bond donors (Lipinski definition) is 1. The van der Waals surface area contributed by atoms with E-state index in [0.29, 0.717) is 6.04 Å². The van der Waals surface area contributed by atoms with Crippen molar-refractivity contribution in [2.75, 3.05) is 11.4 Å². The fraction of sp³-hybridized carbons (Fsp3) is 0.533. The van der Waals surface area contributed by atoms with Crippen LogP contribution >= 0.6 is 0 Å². The van der Waals surface area contributed by atoms with Crippen LogP contribution in [0.4, 0.5) is 5.69 Å². The van der Waals surface area contributed by atoms with Crippen LogP contribution in [0.1, 0.15) is 43.2 Å². The van der Waals surface area contributed by atoms with Crippen LogP contribution in [-0.4, -0.2) is 23.7 Å². The fourth-order valence-electron chi connectivity index (χ4n) is 2.91. The average Bonchev–Trinajstić information content (AvgIpc) is 2.69. The average molecular weight is 245 g/mol. The summed E-state index contributed by atoms with van der Waals surface area (Å²) in [7, 11) is 0. The summed E-state index contributed by atoms with van der Waals surface area (Å²) in [6.07, 6.45) is 5.02. The van der Waals surface area contributed by atoms with Gasteiger partial charge >= 0.3 is 5.97 Å². The predicted octanol–water partition coefficient (Wildman–Crippen LogP) is 2.79. The first-order chi connectivity index (χ1) is 8.66. The normalized spacial score (nSPS) is 20.4. The SMILES string of the molecule is CC(C(=O)O)c1ccc2c(c1)N(C1CCC1)CC2. The van der Waals surface area contributed by atoms with Gasteiger partial charge in [0.05, 0.1) is 5.92 Å². The highest BCUT2D eigenvalue weighted by molar-refractivity contribution is 5.76. The first kappa shape index (κ1) is 11.6. The number of rotatable bonds is 3. The van der Waals surface area contributed by atoms with Crippen molar-refractivity contribution >= 4 is 11.7 Å². The molecule has 0 amide bonds. The maximum absolute atomic E-state index is 11.1. The van der Waals surface area contributed by atoms with Gasteiger partial charge in [0.1, 0.15) is 0 Å². The largest absolute Gasteiger partial charge is 0.481 e. The molecule has 1 aliphatic carbocycles. The Morgan fingerprint density at radius 2 is 2.22 bits per heavy atom. The van der Waals surface area contributed by atoms with Crippen LogP contribution in [0.3, 0.4) is 0 Å². The molecule has 0 radical (unpaired) electrons. The van der Waals surface area contributed by atoms with Crippen molar-refractivity contribution in [2.24, 2.45) is 0 Å². The number of nitrogens with zero attached hydrogens (tertiary/aromatic N) is 1. The van der Waals surface area contributed by atoms with E-state index < -0.39 is 11.9 Å². The lowest BCUT2D eigenvalue weighted by Gasteiger charge is -2.37. The molecule has 3 heteroatoms. The van der Waals surface area contributed by atoms with E-state index >= 15 is 0 Å². The minimum absolute atomic E-state index is 0.417. The molecule has 96 valence electrons. The minimum atomic E-state index is -0.747. The van der Waals surface area contributed by atoms with Crippen LogP contribution in [0, 0.1) is 0 Å². The number of hydrogen-bond acceptors (Lipinski definition) is 2. The molecule has 3 nitrogen and oxygen atoms in total. The molecule has 1 aliphatic heterocycles. The van der Waals surface area contributed by atoms with Crippen molar-refractivity contribution in [2.45, 2.75) is 44.6 Å². The first-order valence-corrected chi connectivity index (χ1v) is 6.79. The van der Waals surface area contributed by atoms with Gasteiger partial charge in [-0.3, -0.25) is 4.79 Å². The van der Waals surface area contributed by atoms with Gasteiger partial charge in [-0.25, -0.2) is 0 Å². The summed E-state index contributed by atoms with van der Waals surface area (Å²) >= 11 is 0. The zero-order valence-electron chi connectivity index (χ0n) is 10.7.